The molecule has 0 spiro atoms. The Morgan fingerprint density at radius 3 is 2.50 bits per heavy atom. The van der Waals surface area contributed by atoms with Crippen LogP contribution in [0.2, 0.25) is 0 Å². The van der Waals surface area contributed by atoms with Crippen LogP contribution in [0.5, 0.6) is 0 Å². The van der Waals surface area contributed by atoms with Gasteiger partial charge in [0.05, 0.1) is 25.0 Å². The number of nitrogens with zero attached hydrogens (tertiary/aromatic N) is 1. The zero-order valence-corrected chi connectivity index (χ0v) is 12.2. The molecular formula is C18H23NO. The van der Waals surface area contributed by atoms with Crippen LogP contribution in [-0.4, -0.2) is 7.11 Å². The van der Waals surface area contributed by atoms with Crippen LogP contribution in [0.25, 0.3) is 0 Å². The van der Waals surface area contributed by atoms with Crippen LogP contribution < -0.4 is 0 Å². The molecule has 0 aliphatic heterocycles. The summed E-state index contributed by atoms with van der Waals surface area (Å²) in [5.74, 6) is 1.56. The van der Waals surface area contributed by atoms with E-state index >= 15 is 0 Å². The van der Waals surface area contributed by atoms with E-state index in [0.717, 1.165) is 17.9 Å². The third kappa shape index (κ3) is 4.13. The lowest BCUT2D eigenvalue weighted by Crippen LogP contribution is -2.13. The second kappa shape index (κ2) is 7.75. The van der Waals surface area contributed by atoms with Gasteiger partial charge < -0.3 is 4.74 Å². The molecular weight excluding hydrogens is 246 g/mol. The van der Waals surface area contributed by atoms with Gasteiger partial charge >= 0.3 is 0 Å². The molecule has 0 bridgehead atoms. The van der Waals surface area contributed by atoms with Crippen molar-refractivity contribution in [3.63, 3.8) is 0 Å². The molecule has 2 nitrogen and oxygen atoms in total. The van der Waals surface area contributed by atoms with Gasteiger partial charge in [-0.05, 0) is 74.1 Å². The SMILES string of the molecule is CO/C=C/CC[C@H]1CC[C@H](c2ccc(C#N)cc2)CC1. The summed E-state index contributed by atoms with van der Waals surface area (Å²) in [6.07, 6.45) is 11.5. The molecule has 1 fully saturated rings. The lowest BCUT2D eigenvalue weighted by atomic mass is 9.77. The third-order valence-electron chi connectivity index (χ3n) is 4.33. The predicted octanol–water partition coefficient (Wildman–Crippen LogP) is 4.77. The summed E-state index contributed by atoms with van der Waals surface area (Å²) < 4.78 is 4.92. The minimum atomic E-state index is 0.688. The molecule has 20 heavy (non-hydrogen) atoms. The zero-order chi connectivity index (χ0) is 14.2. The van der Waals surface area contributed by atoms with Crippen molar-refractivity contribution in [2.45, 2.75) is 44.4 Å². The smallest absolute Gasteiger partial charge is 0.0991 e. The van der Waals surface area contributed by atoms with Gasteiger partial charge in [-0.3, -0.25) is 0 Å². The highest BCUT2D eigenvalue weighted by molar-refractivity contribution is 5.33. The number of methoxy groups -OCH3 is 1. The minimum absolute atomic E-state index is 0.688. The van der Waals surface area contributed by atoms with E-state index in [1.54, 1.807) is 13.4 Å². The van der Waals surface area contributed by atoms with Gasteiger partial charge in [0, 0.05) is 0 Å². The number of nitriles is 1. The molecule has 0 atom stereocenters. The van der Waals surface area contributed by atoms with Gasteiger partial charge in [0.15, 0.2) is 0 Å². The Labute approximate surface area is 122 Å². The predicted molar refractivity (Wildman–Crippen MR) is 81.2 cm³/mol. The van der Waals surface area contributed by atoms with Crippen molar-refractivity contribution < 1.29 is 4.74 Å². The summed E-state index contributed by atoms with van der Waals surface area (Å²) in [5, 5.41) is 8.83. The largest absolute Gasteiger partial charge is 0.505 e. The fraction of sp³-hybridized carbons (Fsp3) is 0.500. The summed E-state index contributed by atoms with van der Waals surface area (Å²) >= 11 is 0. The maximum Gasteiger partial charge on any atom is 0.0991 e. The van der Waals surface area contributed by atoms with Crippen LogP contribution in [0.1, 0.15) is 55.6 Å². The maximum absolute atomic E-state index is 8.83. The fourth-order valence-electron chi connectivity index (χ4n) is 3.11. The first-order valence-electron chi connectivity index (χ1n) is 7.51. The summed E-state index contributed by atoms with van der Waals surface area (Å²) in [6.45, 7) is 0. The maximum atomic E-state index is 8.83. The molecule has 0 aromatic heterocycles. The molecule has 2 rings (SSSR count). The Kier molecular flexibility index (Phi) is 5.68. The lowest BCUT2D eigenvalue weighted by molar-refractivity contribution is 0.308. The number of benzene rings is 1. The summed E-state index contributed by atoms with van der Waals surface area (Å²) in [4.78, 5) is 0. The number of hydrogen-bond acceptors (Lipinski definition) is 2. The first-order valence-corrected chi connectivity index (χ1v) is 7.51. The summed E-state index contributed by atoms with van der Waals surface area (Å²) in [6, 6.07) is 10.3. The molecule has 1 aromatic rings. The Bertz CT molecular complexity index is 461. The Morgan fingerprint density at radius 1 is 1.20 bits per heavy atom. The fourth-order valence-corrected chi connectivity index (χ4v) is 3.11. The van der Waals surface area contributed by atoms with Crippen molar-refractivity contribution in [3.8, 4) is 6.07 Å². The lowest BCUT2D eigenvalue weighted by Gasteiger charge is -2.28. The summed E-state index contributed by atoms with van der Waals surface area (Å²) in [7, 11) is 1.69. The molecule has 0 N–H and O–H groups in total. The van der Waals surface area contributed by atoms with E-state index in [9.17, 15) is 0 Å². The van der Waals surface area contributed by atoms with E-state index in [-0.39, 0.29) is 0 Å². The summed E-state index contributed by atoms with van der Waals surface area (Å²) in [5.41, 5.74) is 2.16. The Hall–Kier alpha value is -1.75. The highest BCUT2D eigenvalue weighted by Crippen LogP contribution is 2.37. The van der Waals surface area contributed by atoms with Gasteiger partial charge in [0.25, 0.3) is 0 Å². The van der Waals surface area contributed by atoms with Crippen molar-refractivity contribution in [1.82, 2.24) is 0 Å². The monoisotopic (exact) mass is 269 g/mol. The number of rotatable bonds is 5. The van der Waals surface area contributed by atoms with E-state index in [1.165, 1.54) is 37.7 Å². The minimum Gasteiger partial charge on any atom is -0.505 e. The highest BCUT2D eigenvalue weighted by Gasteiger charge is 2.21. The number of hydrogen-bond donors (Lipinski definition) is 0. The number of allylic oxidation sites excluding steroid dienone is 1. The van der Waals surface area contributed by atoms with Crippen molar-refractivity contribution in [3.05, 3.63) is 47.7 Å². The molecule has 0 saturated heterocycles. The molecule has 0 unspecified atom stereocenters. The van der Waals surface area contributed by atoms with Crippen LogP contribution in [0.15, 0.2) is 36.6 Å². The topological polar surface area (TPSA) is 33.0 Å². The quantitative estimate of drug-likeness (QED) is 0.721. The number of ether oxygens (including phenoxy) is 1. The van der Waals surface area contributed by atoms with Gasteiger partial charge in [-0.15, -0.1) is 0 Å². The Balaban J connectivity index is 1.78. The van der Waals surface area contributed by atoms with Gasteiger partial charge in [-0.25, -0.2) is 0 Å². The van der Waals surface area contributed by atoms with Crippen LogP contribution in [0.3, 0.4) is 0 Å². The van der Waals surface area contributed by atoms with Crippen LogP contribution in [0.4, 0.5) is 0 Å². The van der Waals surface area contributed by atoms with E-state index in [4.69, 9.17) is 10.00 Å². The zero-order valence-electron chi connectivity index (χ0n) is 12.2. The van der Waals surface area contributed by atoms with Crippen LogP contribution in [-0.2, 0) is 4.74 Å². The van der Waals surface area contributed by atoms with Crippen molar-refractivity contribution in [2.24, 2.45) is 5.92 Å². The van der Waals surface area contributed by atoms with Gasteiger partial charge in [-0.1, -0.05) is 12.1 Å². The molecule has 1 aliphatic carbocycles. The molecule has 106 valence electrons. The first kappa shape index (κ1) is 14.7. The normalized spacial score (nSPS) is 22.6. The Morgan fingerprint density at radius 2 is 1.90 bits per heavy atom. The van der Waals surface area contributed by atoms with Crippen molar-refractivity contribution >= 4 is 0 Å². The van der Waals surface area contributed by atoms with E-state index in [2.05, 4.69) is 24.3 Å². The molecule has 1 aromatic carbocycles. The van der Waals surface area contributed by atoms with Gasteiger partial charge in [0.1, 0.15) is 0 Å². The molecule has 1 saturated carbocycles. The van der Waals surface area contributed by atoms with Gasteiger partial charge in [-0.2, -0.15) is 5.26 Å². The average molecular weight is 269 g/mol. The van der Waals surface area contributed by atoms with E-state index in [1.807, 2.05) is 12.1 Å². The average Bonchev–Trinajstić information content (AvgIpc) is 2.52. The first-order chi connectivity index (χ1) is 9.83. The molecule has 0 heterocycles. The second-order valence-electron chi connectivity index (χ2n) is 5.64. The van der Waals surface area contributed by atoms with E-state index < -0.39 is 0 Å². The van der Waals surface area contributed by atoms with Crippen LogP contribution in [0, 0.1) is 17.2 Å². The third-order valence-corrected chi connectivity index (χ3v) is 4.33. The van der Waals surface area contributed by atoms with Crippen molar-refractivity contribution in [1.29, 1.82) is 5.26 Å². The highest BCUT2D eigenvalue weighted by atomic mass is 16.5. The molecule has 2 heteroatoms. The van der Waals surface area contributed by atoms with Crippen LogP contribution >= 0.6 is 0 Å². The van der Waals surface area contributed by atoms with Crippen molar-refractivity contribution in [2.75, 3.05) is 7.11 Å². The molecule has 0 radical (unpaired) electrons. The van der Waals surface area contributed by atoms with E-state index in [0.29, 0.717) is 5.92 Å². The van der Waals surface area contributed by atoms with Gasteiger partial charge in [0.2, 0.25) is 0 Å². The molecule has 1 aliphatic rings. The molecule has 0 amide bonds. The standard InChI is InChI=1S/C18H23NO/c1-20-13-3-2-4-15-5-9-17(10-6-15)18-11-7-16(14-19)8-12-18/h3,7-8,11-13,15,17H,2,4-6,9-10H2,1H3/b13-3+/t15-,17-. The second-order valence-corrected chi connectivity index (χ2v) is 5.64.